The summed E-state index contributed by atoms with van der Waals surface area (Å²) in [5.41, 5.74) is -0.997. The van der Waals surface area contributed by atoms with Crippen LogP contribution in [0, 0.1) is 0 Å². The molecule has 0 bridgehead atoms. The van der Waals surface area contributed by atoms with Gasteiger partial charge in [-0.25, -0.2) is 9.48 Å². The van der Waals surface area contributed by atoms with E-state index in [-0.39, 0.29) is 24.7 Å². The molecule has 0 fully saturated rings. The summed E-state index contributed by atoms with van der Waals surface area (Å²) < 4.78 is 2.03. The predicted molar refractivity (Wildman–Crippen MR) is 66.5 cm³/mol. The summed E-state index contributed by atoms with van der Waals surface area (Å²) in [6, 6.07) is 0. The molecular formula is C10H17N5O3. The number of aromatic nitrogens is 3. The van der Waals surface area contributed by atoms with Gasteiger partial charge in [0.1, 0.15) is 0 Å². The highest BCUT2D eigenvalue weighted by atomic mass is 16.2. The van der Waals surface area contributed by atoms with Gasteiger partial charge in [-0.1, -0.05) is 0 Å². The normalized spacial score (nSPS) is 10.2. The number of aryl methyl sites for hydroxylation is 1. The van der Waals surface area contributed by atoms with E-state index in [0.29, 0.717) is 6.54 Å². The largest absolute Gasteiger partial charge is 0.364 e. The van der Waals surface area contributed by atoms with Crippen LogP contribution in [0.5, 0.6) is 0 Å². The maximum Gasteiger partial charge on any atom is 0.346 e. The number of nitrogens with zero attached hydrogens (tertiary/aromatic N) is 3. The van der Waals surface area contributed by atoms with Crippen LogP contribution in [0.1, 0.15) is 13.3 Å². The van der Waals surface area contributed by atoms with Crippen LogP contribution in [0.3, 0.4) is 0 Å². The lowest BCUT2D eigenvalue weighted by molar-refractivity contribution is -0.120. The molecule has 8 nitrogen and oxygen atoms in total. The fourth-order valence-electron chi connectivity index (χ4n) is 1.39. The first kappa shape index (κ1) is 13.9. The van der Waals surface area contributed by atoms with E-state index in [1.807, 2.05) is 6.92 Å². The van der Waals surface area contributed by atoms with Crippen LogP contribution in [-0.2, 0) is 18.9 Å². The average molecular weight is 255 g/mol. The molecule has 1 rings (SSSR count). The summed E-state index contributed by atoms with van der Waals surface area (Å²) in [7, 11) is 2.83. The topological polar surface area (TPSA) is 98.0 Å². The minimum Gasteiger partial charge on any atom is -0.364 e. The number of nitrogens with one attached hydrogen (secondary N) is 2. The molecule has 0 atom stereocenters. The van der Waals surface area contributed by atoms with Crippen LogP contribution >= 0.6 is 0 Å². The second-order valence-corrected chi connectivity index (χ2v) is 3.75. The van der Waals surface area contributed by atoms with Gasteiger partial charge in [0.15, 0.2) is 0 Å². The van der Waals surface area contributed by atoms with Gasteiger partial charge in [0.2, 0.25) is 11.7 Å². The van der Waals surface area contributed by atoms with Crippen LogP contribution in [0.15, 0.2) is 9.59 Å². The van der Waals surface area contributed by atoms with Gasteiger partial charge >= 0.3 is 5.69 Å². The van der Waals surface area contributed by atoms with Gasteiger partial charge in [0, 0.05) is 33.6 Å². The molecule has 1 amide bonds. The molecule has 1 aromatic heterocycles. The third kappa shape index (κ3) is 3.19. The highest BCUT2D eigenvalue weighted by Crippen LogP contribution is 1.90. The fraction of sp³-hybridized carbons (Fsp3) is 0.600. The van der Waals surface area contributed by atoms with Crippen molar-refractivity contribution < 1.29 is 4.79 Å². The SMILES string of the molecule is CCNC(=O)CCNc1nn(C)c(=O)n(C)c1=O. The number of amides is 1. The molecule has 0 aromatic carbocycles. The Morgan fingerprint density at radius 3 is 2.61 bits per heavy atom. The van der Waals surface area contributed by atoms with Crippen molar-refractivity contribution in [2.24, 2.45) is 14.1 Å². The molecule has 0 unspecified atom stereocenters. The third-order valence-electron chi connectivity index (χ3n) is 2.34. The lowest BCUT2D eigenvalue weighted by Crippen LogP contribution is -2.40. The van der Waals surface area contributed by atoms with Crippen LogP contribution in [0.25, 0.3) is 0 Å². The van der Waals surface area contributed by atoms with Crippen molar-refractivity contribution in [1.82, 2.24) is 19.7 Å². The minimum atomic E-state index is -0.506. The first-order valence-corrected chi connectivity index (χ1v) is 5.62. The molecule has 0 spiro atoms. The van der Waals surface area contributed by atoms with Crippen molar-refractivity contribution in [3.63, 3.8) is 0 Å². The van der Waals surface area contributed by atoms with Gasteiger partial charge in [-0.15, -0.1) is 5.10 Å². The zero-order valence-electron chi connectivity index (χ0n) is 10.7. The quantitative estimate of drug-likeness (QED) is 0.661. The summed E-state index contributed by atoms with van der Waals surface area (Å²) in [4.78, 5) is 34.2. The average Bonchev–Trinajstić information content (AvgIpc) is 2.33. The first-order chi connectivity index (χ1) is 8.47. The Labute approximate surface area is 104 Å². The van der Waals surface area contributed by atoms with E-state index in [1.54, 1.807) is 0 Å². The molecule has 0 aliphatic rings. The van der Waals surface area contributed by atoms with E-state index < -0.39 is 11.2 Å². The van der Waals surface area contributed by atoms with Crippen molar-refractivity contribution in [2.75, 3.05) is 18.4 Å². The molecule has 0 radical (unpaired) electrons. The van der Waals surface area contributed by atoms with E-state index in [9.17, 15) is 14.4 Å². The zero-order valence-corrected chi connectivity index (χ0v) is 10.7. The van der Waals surface area contributed by atoms with E-state index in [2.05, 4.69) is 15.7 Å². The molecule has 1 aromatic rings. The number of carbonyl (C=O) groups excluding carboxylic acids is 1. The Bertz CT molecular complexity index is 545. The number of anilines is 1. The first-order valence-electron chi connectivity index (χ1n) is 5.62. The van der Waals surface area contributed by atoms with Gasteiger partial charge in [0.05, 0.1) is 0 Å². The highest BCUT2D eigenvalue weighted by molar-refractivity contribution is 5.76. The second kappa shape index (κ2) is 5.99. The fourth-order valence-corrected chi connectivity index (χ4v) is 1.39. The Morgan fingerprint density at radius 2 is 2.00 bits per heavy atom. The predicted octanol–water partition coefficient (Wildman–Crippen LogP) is -1.58. The van der Waals surface area contributed by atoms with Crippen molar-refractivity contribution in [1.29, 1.82) is 0 Å². The Kier molecular flexibility index (Phi) is 4.64. The van der Waals surface area contributed by atoms with Gasteiger partial charge in [-0.2, -0.15) is 0 Å². The number of carbonyl (C=O) groups is 1. The van der Waals surface area contributed by atoms with E-state index in [4.69, 9.17) is 0 Å². The van der Waals surface area contributed by atoms with Crippen LogP contribution in [0.2, 0.25) is 0 Å². The van der Waals surface area contributed by atoms with E-state index in [0.717, 1.165) is 9.25 Å². The van der Waals surface area contributed by atoms with Crippen molar-refractivity contribution in [3.05, 3.63) is 20.8 Å². The number of rotatable bonds is 5. The van der Waals surface area contributed by atoms with Gasteiger partial charge in [-0.05, 0) is 6.92 Å². The van der Waals surface area contributed by atoms with E-state index >= 15 is 0 Å². The maximum absolute atomic E-state index is 11.7. The second-order valence-electron chi connectivity index (χ2n) is 3.75. The molecule has 100 valence electrons. The summed E-state index contributed by atoms with van der Waals surface area (Å²) in [5.74, 6) is -0.0458. The molecule has 0 saturated carbocycles. The molecule has 0 aliphatic heterocycles. The molecule has 18 heavy (non-hydrogen) atoms. The lowest BCUT2D eigenvalue weighted by Gasteiger charge is -2.07. The molecular weight excluding hydrogens is 238 g/mol. The Balaban J connectivity index is 2.72. The van der Waals surface area contributed by atoms with Crippen LogP contribution in [-0.4, -0.2) is 33.3 Å². The molecule has 0 aliphatic carbocycles. The van der Waals surface area contributed by atoms with Gasteiger partial charge in [-0.3, -0.25) is 14.2 Å². The Hall–Kier alpha value is -2.12. The van der Waals surface area contributed by atoms with Crippen LogP contribution in [0.4, 0.5) is 5.82 Å². The van der Waals surface area contributed by atoms with Gasteiger partial charge < -0.3 is 10.6 Å². The third-order valence-corrected chi connectivity index (χ3v) is 2.34. The van der Waals surface area contributed by atoms with Gasteiger partial charge in [0.25, 0.3) is 5.56 Å². The van der Waals surface area contributed by atoms with Crippen LogP contribution < -0.4 is 21.9 Å². The minimum absolute atomic E-state index is 0.0592. The Morgan fingerprint density at radius 1 is 1.33 bits per heavy atom. The summed E-state index contributed by atoms with van der Waals surface area (Å²) in [6.45, 7) is 2.68. The summed E-state index contributed by atoms with van der Waals surface area (Å²) in [5, 5.41) is 9.19. The smallest absolute Gasteiger partial charge is 0.346 e. The van der Waals surface area contributed by atoms with E-state index in [1.165, 1.54) is 14.1 Å². The number of hydrogen-bond acceptors (Lipinski definition) is 5. The summed E-state index contributed by atoms with van der Waals surface area (Å²) >= 11 is 0. The highest BCUT2D eigenvalue weighted by Gasteiger charge is 2.08. The lowest BCUT2D eigenvalue weighted by atomic mass is 10.4. The van der Waals surface area contributed by atoms with Crippen molar-refractivity contribution in [3.8, 4) is 0 Å². The molecule has 0 saturated heterocycles. The molecule has 1 heterocycles. The van der Waals surface area contributed by atoms with Crippen molar-refractivity contribution in [2.45, 2.75) is 13.3 Å². The monoisotopic (exact) mass is 255 g/mol. The summed E-state index contributed by atoms with van der Waals surface area (Å²) in [6.07, 6.45) is 0.238. The maximum atomic E-state index is 11.7. The zero-order chi connectivity index (χ0) is 13.7. The van der Waals surface area contributed by atoms with Crippen molar-refractivity contribution >= 4 is 11.7 Å². The standard InChI is InChI=1S/C10H17N5O3/c1-4-11-7(16)5-6-12-8-9(17)14(2)10(18)15(3)13-8/h4-6H2,1-3H3,(H,11,16)(H,12,13). The molecule has 2 N–H and O–H groups in total. The number of hydrogen-bond donors (Lipinski definition) is 2. The molecule has 8 heteroatoms.